The molecule has 130 valence electrons. The normalized spacial score (nSPS) is 15.7. The van der Waals surface area contributed by atoms with E-state index in [4.69, 9.17) is 9.47 Å². The van der Waals surface area contributed by atoms with Crippen molar-refractivity contribution in [2.45, 2.75) is 32.2 Å². The largest absolute Gasteiger partial charge is 0.493 e. The molecule has 0 saturated carbocycles. The van der Waals surface area contributed by atoms with Crippen molar-refractivity contribution in [2.24, 2.45) is 0 Å². The van der Waals surface area contributed by atoms with E-state index in [-0.39, 0.29) is 6.04 Å². The van der Waals surface area contributed by atoms with Crippen molar-refractivity contribution >= 4 is 0 Å². The van der Waals surface area contributed by atoms with Crippen molar-refractivity contribution in [1.29, 1.82) is 0 Å². The zero-order chi connectivity index (χ0) is 17.6. The quantitative estimate of drug-likeness (QED) is 0.854. The highest BCUT2D eigenvalue weighted by molar-refractivity contribution is 5.54. The molecule has 1 unspecified atom stereocenters. The number of nitrogens with one attached hydrogen (secondary N) is 1. The van der Waals surface area contributed by atoms with Crippen molar-refractivity contribution in [1.82, 2.24) is 5.32 Å². The fourth-order valence-electron chi connectivity index (χ4n) is 3.31. The van der Waals surface area contributed by atoms with Gasteiger partial charge in [-0.25, -0.2) is 0 Å². The summed E-state index contributed by atoms with van der Waals surface area (Å²) >= 11 is 0. The van der Waals surface area contributed by atoms with Gasteiger partial charge in [0.2, 0.25) is 0 Å². The summed E-state index contributed by atoms with van der Waals surface area (Å²) in [6, 6.07) is 12.7. The number of hydrogen-bond donors (Lipinski definition) is 1. The smallest absolute Gasteiger partial charge is 0.161 e. The van der Waals surface area contributed by atoms with Crippen LogP contribution < -0.4 is 14.8 Å². The zero-order valence-corrected chi connectivity index (χ0v) is 15.2. The molecule has 0 aromatic heterocycles. The number of ether oxygens (including phenoxy) is 2. The summed E-state index contributed by atoms with van der Waals surface area (Å²) in [6.45, 7) is 3.09. The number of rotatable bonds is 4. The Labute approximate surface area is 150 Å². The number of fused-ring (bicyclic) bond motifs is 1. The molecule has 3 heteroatoms. The molecule has 0 radical (unpaired) electrons. The van der Waals surface area contributed by atoms with E-state index in [1.54, 1.807) is 14.2 Å². The Morgan fingerprint density at radius 1 is 1.08 bits per heavy atom. The topological polar surface area (TPSA) is 30.5 Å². The molecule has 1 atom stereocenters. The molecule has 1 N–H and O–H groups in total. The zero-order valence-electron chi connectivity index (χ0n) is 15.2. The first-order chi connectivity index (χ1) is 12.3. The van der Waals surface area contributed by atoms with E-state index in [1.807, 2.05) is 0 Å². The summed E-state index contributed by atoms with van der Waals surface area (Å²) in [5.41, 5.74) is 4.86. The molecule has 1 heterocycles. The second-order valence-corrected chi connectivity index (χ2v) is 6.18. The van der Waals surface area contributed by atoms with Crippen LogP contribution >= 0.6 is 0 Å². The van der Waals surface area contributed by atoms with Crippen molar-refractivity contribution < 1.29 is 9.47 Å². The monoisotopic (exact) mass is 335 g/mol. The minimum absolute atomic E-state index is 0.121. The van der Waals surface area contributed by atoms with Gasteiger partial charge in [0.25, 0.3) is 0 Å². The van der Waals surface area contributed by atoms with Gasteiger partial charge in [0.1, 0.15) is 0 Å². The molecule has 25 heavy (non-hydrogen) atoms. The Morgan fingerprint density at radius 2 is 1.84 bits per heavy atom. The van der Waals surface area contributed by atoms with Crippen molar-refractivity contribution in [3.8, 4) is 23.3 Å². The van der Waals surface area contributed by atoms with Gasteiger partial charge >= 0.3 is 0 Å². The van der Waals surface area contributed by atoms with E-state index in [1.165, 1.54) is 16.7 Å². The van der Waals surface area contributed by atoms with Crippen LogP contribution in [0, 0.1) is 11.8 Å². The third-order valence-electron chi connectivity index (χ3n) is 4.57. The molecule has 3 nitrogen and oxygen atoms in total. The van der Waals surface area contributed by atoms with Gasteiger partial charge in [-0.2, -0.15) is 0 Å². The SMILES string of the molecule is CCCC#Cc1ccccc1C1NCCc2cc(OC)c(OC)cc21. The van der Waals surface area contributed by atoms with Gasteiger partial charge < -0.3 is 14.8 Å². The molecular weight excluding hydrogens is 310 g/mol. The molecule has 1 aliphatic heterocycles. The van der Waals surface area contributed by atoms with Gasteiger partial charge in [-0.15, -0.1) is 0 Å². The Kier molecular flexibility index (Phi) is 5.63. The fraction of sp³-hybridized carbons (Fsp3) is 0.364. The van der Waals surface area contributed by atoms with Crippen LogP contribution in [0.25, 0.3) is 0 Å². The van der Waals surface area contributed by atoms with Crippen LogP contribution in [0.3, 0.4) is 0 Å². The number of benzene rings is 2. The van der Waals surface area contributed by atoms with E-state index in [2.05, 4.69) is 60.5 Å². The van der Waals surface area contributed by atoms with E-state index < -0.39 is 0 Å². The molecule has 2 aromatic carbocycles. The number of methoxy groups -OCH3 is 2. The highest BCUT2D eigenvalue weighted by Crippen LogP contribution is 2.38. The van der Waals surface area contributed by atoms with Gasteiger partial charge in [-0.1, -0.05) is 37.0 Å². The average molecular weight is 335 g/mol. The van der Waals surface area contributed by atoms with Crippen molar-refractivity contribution in [3.63, 3.8) is 0 Å². The van der Waals surface area contributed by atoms with Crippen LogP contribution in [-0.4, -0.2) is 20.8 Å². The Hall–Kier alpha value is -2.44. The summed E-state index contributed by atoms with van der Waals surface area (Å²) in [5, 5.41) is 3.65. The summed E-state index contributed by atoms with van der Waals surface area (Å²) in [4.78, 5) is 0. The van der Waals surface area contributed by atoms with E-state index >= 15 is 0 Å². The maximum atomic E-state index is 5.52. The molecular formula is C22H25NO2. The minimum atomic E-state index is 0.121. The summed E-state index contributed by atoms with van der Waals surface area (Å²) in [6.07, 6.45) is 2.99. The van der Waals surface area contributed by atoms with Crippen molar-refractivity contribution in [2.75, 3.05) is 20.8 Å². The third-order valence-corrected chi connectivity index (χ3v) is 4.57. The lowest BCUT2D eigenvalue weighted by molar-refractivity contribution is 0.353. The summed E-state index contributed by atoms with van der Waals surface area (Å²) in [7, 11) is 3.36. The molecule has 0 bridgehead atoms. The van der Waals surface area contributed by atoms with Crippen LogP contribution in [-0.2, 0) is 6.42 Å². The Bertz CT molecular complexity index is 801. The summed E-state index contributed by atoms with van der Waals surface area (Å²) < 4.78 is 11.0. The molecule has 0 fully saturated rings. The lowest BCUT2D eigenvalue weighted by Crippen LogP contribution is -2.31. The molecule has 0 saturated heterocycles. The maximum absolute atomic E-state index is 5.52. The Morgan fingerprint density at radius 3 is 2.60 bits per heavy atom. The first-order valence-electron chi connectivity index (χ1n) is 8.84. The second-order valence-electron chi connectivity index (χ2n) is 6.18. The fourth-order valence-corrected chi connectivity index (χ4v) is 3.31. The van der Waals surface area contributed by atoms with Crippen LogP contribution in [0.1, 0.15) is 48.1 Å². The molecule has 0 amide bonds. The standard InChI is InChI=1S/C22H25NO2/c1-4-5-6-9-16-10-7-8-11-18(16)22-19-15-21(25-3)20(24-2)14-17(19)12-13-23-22/h7-8,10-11,14-15,22-23H,4-5,12-13H2,1-3H3. The second kappa shape index (κ2) is 8.09. The van der Waals surface area contributed by atoms with Crippen molar-refractivity contribution in [3.05, 3.63) is 58.7 Å². The maximum Gasteiger partial charge on any atom is 0.161 e. The first-order valence-corrected chi connectivity index (χ1v) is 8.84. The predicted octanol–water partition coefficient (Wildman–Crippen LogP) is 4.09. The minimum Gasteiger partial charge on any atom is -0.493 e. The molecule has 0 spiro atoms. The van der Waals surface area contributed by atoms with Gasteiger partial charge in [0.05, 0.1) is 20.3 Å². The van der Waals surface area contributed by atoms with Crippen LogP contribution in [0.2, 0.25) is 0 Å². The number of hydrogen-bond acceptors (Lipinski definition) is 3. The predicted molar refractivity (Wildman–Crippen MR) is 101 cm³/mol. The summed E-state index contributed by atoms with van der Waals surface area (Å²) in [5.74, 6) is 8.18. The molecule has 2 aromatic rings. The van der Waals surface area contributed by atoms with Gasteiger partial charge in [-0.3, -0.25) is 0 Å². The van der Waals surface area contributed by atoms with Crippen LogP contribution in [0.5, 0.6) is 11.5 Å². The van der Waals surface area contributed by atoms with E-state index in [0.29, 0.717) is 0 Å². The van der Waals surface area contributed by atoms with Gasteiger partial charge in [0, 0.05) is 18.5 Å². The molecule has 1 aliphatic rings. The van der Waals surface area contributed by atoms with E-state index in [0.717, 1.165) is 42.9 Å². The lowest BCUT2D eigenvalue weighted by atomic mass is 9.87. The number of unbranched alkanes of at least 4 members (excludes halogenated alkanes) is 1. The van der Waals surface area contributed by atoms with Crippen LogP contribution in [0.4, 0.5) is 0 Å². The highest BCUT2D eigenvalue weighted by Gasteiger charge is 2.25. The Balaban J connectivity index is 2.06. The van der Waals surface area contributed by atoms with Crippen LogP contribution in [0.15, 0.2) is 36.4 Å². The molecule has 3 rings (SSSR count). The van der Waals surface area contributed by atoms with Gasteiger partial charge in [0.15, 0.2) is 11.5 Å². The molecule has 0 aliphatic carbocycles. The first kappa shape index (κ1) is 17.4. The lowest BCUT2D eigenvalue weighted by Gasteiger charge is -2.29. The van der Waals surface area contributed by atoms with E-state index in [9.17, 15) is 0 Å². The van der Waals surface area contributed by atoms with Gasteiger partial charge in [-0.05, 0) is 47.7 Å². The highest BCUT2D eigenvalue weighted by atomic mass is 16.5. The third kappa shape index (κ3) is 3.65. The average Bonchev–Trinajstić information content (AvgIpc) is 2.67.